The normalized spacial score (nSPS) is 26.7. The first-order chi connectivity index (χ1) is 12.2. The van der Waals surface area contributed by atoms with E-state index in [2.05, 4.69) is 33.6 Å². The smallest absolute Gasteiger partial charge is 0.225 e. The molecule has 0 aromatic carbocycles. The number of hydrogen-bond acceptors (Lipinski definition) is 5. The van der Waals surface area contributed by atoms with Gasteiger partial charge in [0.1, 0.15) is 0 Å². The third-order valence-electron chi connectivity index (χ3n) is 6.37. The highest BCUT2D eigenvalue weighted by Crippen LogP contribution is 2.44. The van der Waals surface area contributed by atoms with Gasteiger partial charge in [0.2, 0.25) is 5.95 Å². The maximum absolute atomic E-state index is 6.08. The predicted octanol–water partition coefficient (Wildman–Crippen LogP) is 2.97. The lowest BCUT2D eigenvalue weighted by Crippen LogP contribution is -2.44. The largest absolute Gasteiger partial charge is 0.379 e. The molecule has 0 radical (unpaired) electrons. The molecule has 3 fully saturated rings. The summed E-state index contributed by atoms with van der Waals surface area (Å²) in [5, 5.41) is 0. The molecule has 138 valence electrons. The summed E-state index contributed by atoms with van der Waals surface area (Å²) in [4.78, 5) is 14.1. The molecule has 0 N–H and O–H groups in total. The first-order valence-corrected chi connectivity index (χ1v) is 10.0. The molecule has 3 aliphatic rings. The summed E-state index contributed by atoms with van der Waals surface area (Å²) in [6, 6.07) is 2.98. The number of likely N-dealkylation sites (tertiary alicyclic amines) is 1. The molecule has 1 aromatic rings. The van der Waals surface area contributed by atoms with Crippen molar-refractivity contribution in [2.45, 2.75) is 58.0 Å². The van der Waals surface area contributed by atoms with Crippen molar-refractivity contribution in [2.75, 3.05) is 37.7 Å². The predicted molar refractivity (Wildman–Crippen MR) is 99.7 cm³/mol. The van der Waals surface area contributed by atoms with E-state index in [9.17, 15) is 0 Å². The van der Waals surface area contributed by atoms with Crippen LogP contribution in [0, 0.1) is 11.3 Å². The van der Waals surface area contributed by atoms with Crippen LogP contribution in [0.1, 0.15) is 46.0 Å². The lowest BCUT2D eigenvalue weighted by Gasteiger charge is -2.41. The second kappa shape index (κ2) is 7.20. The molecule has 1 aliphatic carbocycles. The first-order valence-electron chi connectivity index (χ1n) is 10.0. The summed E-state index contributed by atoms with van der Waals surface area (Å²) in [7, 11) is 0. The van der Waals surface area contributed by atoms with Gasteiger partial charge in [0.15, 0.2) is 0 Å². The number of anilines is 1. The fourth-order valence-corrected chi connectivity index (χ4v) is 4.52. The van der Waals surface area contributed by atoms with Crippen LogP contribution >= 0.6 is 0 Å². The number of ether oxygens (including phenoxy) is 1. The van der Waals surface area contributed by atoms with E-state index in [-0.39, 0.29) is 0 Å². The Morgan fingerprint density at radius 1 is 1.16 bits per heavy atom. The summed E-state index contributed by atoms with van der Waals surface area (Å²) in [6.07, 6.45) is 10.2. The molecule has 1 saturated carbocycles. The van der Waals surface area contributed by atoms with Gasteiger partial charge >= 0.3 is 0 Å². The second-order valence-electron chi connectivity index (χ2n) is 8.65. The minimum atomic E-state index is 0.415. The summed E-state index contributed by atoms with van der Waals surface area (Å²) < 4.78 is 6.08. The van der Waals surface area contributed by atoms with E-state index in [1.165, 1.54) is 45.2 Å². The first kappa shape index (κ1) is 17.2. The van der Waals surface area contributed by atoms with E-state index in [0.29, 0.717) is 17.5 Å². The van der Waals surface area contributed by atoms with Gasteiger partial charge in [0.25, 0.3) is 0 Å². The highest BCUT2D eigenvalue weighted by molar-refractivity contribution is 5.35. The van der Waals surface area contributed by atoms with Crippen molar-refractivity contribution in [1.82, 2.24) is 14.9 Å². The Morgan fingerprint density at radius 2 is 1.88 bits per heavy atom. The maximum atomic E-state index is 6.08. The molecule has 1 aromatic heterocycles. The van der Waals surface area contributed by atoms with Crippen LogP contribution in [0.2, 0.25) is 0 Å². The monoisotopic (exact) mass is 344 g/mol. The average Bonchev–Trinajstić information content (AvgIpc) is 3.38. The van der Waals surface area contributed by atoms with Crippen molar-refractivity contribution in [2.24, 2.45) is 11.3 Å². The lowest BCUT2D eigenvalue weighted by atomic mass is 9.76. The third kappa shape index (κ3) is 3.98. The Balaban J connectivity index is 1.44. The summed E-state index contributed by atoms with van der Waals surface area (Å²) >= 11 is 0. The van der Waals surface area contributed by atoms with Crippen molar-refractivity contribution in [3.8, 4) is 0 Å². The zero-order valence-corrected chi connectivity index (χ0v) is 15.7. The number of nitrogens with zero attached hydrogens (tertiary/aromatic N) is 4. The van der Waals surface area contributed by atoms with E-state index in [1.54, 1.807) is 0 Å². The molecule has 25 heavy (non-hydrogen) atoms. The maximum Gasteiger partial charge on any atom is 0.225 e. The lowest BCUT2D eigenvalue weighted by molar-refractivity contribution is 0.0816. The van der Waals surface area contributed by atoms with Crippen molar-refractivity contribution < 1.29 is 4.74 Å². The standard InChI is InChI=1S/C20H32N4O/c1-16(2)23-10-6-20(7-11-23)12-18(14-25-13-17-4-5-17)24(15-20)19-21-8-3-9-22-19/h3,8-9,16-18H,4-7,10-15H2,1-2H3. The highest BCUT2D eigenvalue weighted by atomic mass is 16.5. The Labute approximate surface area is 151 Å². The van der Waals surface area contributed by atoms with Crippen LogP contribution in [0.15, 0.2) is 18.5 Å². The minimum absolute atomic E-state index is 0.415. The van der Waals surface area contributed by atoms with E-state index >= 15 is 0 Å². The summed E-state index contributed by atoms with van der Waals surface area (Å²) in [5.74, 6) is 1.71. The van der Waals surface area contributed by atoms with E-state index in [4.69, 9.17) is 4.74 Å². The molecule has 0 amide bonds. The van der Waals surface area contributed by atoms with Crippen LogP contribution in [0.4, 0.5) is 5.95 Å². The number of rotatable bonds is 6. The van der Waals surface area contributed by atoms with E-state index < -0.39 is 0 Å². The molecule has 0 bridgehead atoms. The molecule has 2 saturated heterocycles. The van der Waals surface area contributed by atoms with Crippen LogP contribution in [0.3, 0.4) is 0 Å². The SMILES string of the molecule is CC(C)N1CCC2(CC1)CC(COCC1CC1)N(c1ncccn1)C2. The molecule has 1 atom stereocenters. The van der Waals surface area contributed by atoms with Gasteiger partial charge in [0, 0.05) is 31.6 Å². The molecular weight excluding hydrogens is 312 g/mol. The van der Waals surface area contributed by atoms with E-state index in [0.717, 1.165) is 31.6 Å². The molecule has 4 rings (SSSR count). The van der Waals surface area contributed by atoms with Gasteiger partial charge in [-0.3, -0.25) is 0 Å². The Morgan fingerprint density at radius 3 is 2.52 bits per heavy atom. The topological polar surface area (TPSA) is 41.5 Å². The number of aromatic nitrogens is 2. The molecule has 5 nitrogen and oxygen atoms in total. The van der Waals surface area contributed by atoms with Crippen LogP contribution in [0.5, 0.6) is 0 Å². The zero-order chi connectivity index (χ0) is 17.3. The Bertz CT molecular complexity index is 552. The Hall–Kier alpha value is -1.20. The number of piperidine rings is 1. The fraction of sp³-hybridized carbons (Fsp3) is 0.800. The molecular formula is C20H32N4O. The zero-order valence-electron chi connectivity index (χ0n) is 15.7. The van der Waals surface area contributed by atoms with Crippen LogP contribution in [-0.4, -0.2) is 59.8 Å². The third-order valence-corrected chi connectivity index (χ3v) is 6.37. The molecule has 1 spiro atoms. The number of hydrogen-bond donors (Lipinski definition) is 0. The molecule has 2 aliphatic heterocycles. The Kier molecular flexibility index (Phi) is 4.96. The van der Waals surface area contributed by atoms with Gasteiger partial charge in [-0.25, -0.2) is 9.97 Å². The van der Waals surface area contributed by atoms with Crippen LogP contribution < -0.4 is 4.90 Å². The van der Waals surface area contributed by atoms with Crippen LogP contribution in [-0.2, 0) is 4.74 Å². The van der Waals surface area contributed by atoms with Crippen LogP contribution in [0.25, 0.3) is 0 Å². The molecule has 1 unspecified atom stereocenters. The van der Waals surface area contributed by atoms with Crippen molar-refractivity contribution in [3.05, 3.63) is 18.5 Å². The molecule has 3 heterocycles. The highest BCUT2D eigenvalue weighted by Gasteiger charge is 2.46. The van der Waals surface area contributed by atoms with Gasteiger partial charge < -0.3 is 14.5 Å². The fourth-order valence-electron chi connectivity index (χ4n) is 4.52. The minimum Gasteiger partial charge on any atom is -0.379 e. The second-order valence-corrected chi connectivity index (χ2v) is 8.65. The van der Waals surface area contributed by atoms with Gasteiger partial charge in [-0.15, -0.1) is 0 Å². The van der Waals surface area contributed by atoms with Gasteiger partial charge in [-0.2, -0.15) is 0 Å². The van der Waals surface area contributed by atoms with Gasteiger partial charge in [-0.1, -0.05) is 0 Å². The summed E-state index contributed by atoms with van der Waals surface area (Å²) in [6.45, 7) is 9.91. The average molecular weight is 345 g/mol. The van der Waals surface area contributed by atoms with Gasteiger partial charge in [-0.05, 0) is 76.4 Å². The quantitative estimate of drug-likeness (QED) is 0.793. The molecule has 5 heteroatoms. The van der Waals surface area contributed by atoms with Crippen molar-refractivity contribution in [3.63, 3.8) is 0 Å². The summed E-state index contributed by atoms with van der Waals surface area (Å²) in [5.41, 5.74) is 0.415. The van der Waals surface area contributed by atoms with Crippen molar-refractivity contribution in [1.29, 1.82) is 0 Å². The van der Waals surface area contributed by atoms with Crippen molar-refractivity contribution >= 4 is 5.95 Å². The van der Waals surface area contributed by atoms with Gasteiger partial charge in [0.05, 0.1) is 12.6 Å². The van der Waals surface area contributed by atoms with E-state index in [1.807, 2.05) is 18.5 Å².